The van der Waals surface area contributed by atoms with Crippen LogP contribution >= 0.6 is 0 Å². The maximum atomic E-state index is 4.92. The zero-order chi connectivity index (χ0) is 15.8. The quantitative estimate of drug-likeness (QED) is 0.755. The molecule has 0 aliphatic carbocycles. The van der Waals surface area contributed by atoms with Crippen LogP contribution in [-0.4, -0.2) is 33.5 Å². The molecule has 0 saturated carbocycles. The third-order valence-corrected chi connectivity index (χ3v) is 4.61. The van der Waals surface area contributed by atoms with Crippen molar-refractivity contribution in [3.8, 4) is 0 Å². The highest BCUT2D eigenvalue weighted by atomic mass is 15.1. The predicted octanol–water partition coefficient (Wildman–Crippen LogP) is 3.64. The van der Waals surface area contributed by atoms with Gasteiger partial charge in [-0.2, -0.15) is 0 Å². The summed E-state index contributed by atoms with van der Waals surface area (Å²) >= 11 is 0. The van der Waals surface area contributed by atoms with E-state index in [4.69, 9.17) is 4.98 Å². The molecular formula is C19H21N4+. The Bertz CT molecular complexity index is 807. The fourth-order valence-corrected chi connectivity index (χ4v) is 3.37. The number of rotatable bonds is 1. The van der Waals surface area contributed by atoms with Gasteiger partial charge in [0.25, 0.3) is 0 Å². The summed E-state index contributed by atoms with van der Waals surface area (Å²) in [6.45, 7) is 5.39. The molecule has 0 radical (unpaired) electrons. The second kappa shape index (κ2) is 5.69. The minimum Gasteiger partial charge on any atom is -0.260 e. The molecule has 2 atom stereocenters. The van der Waals surface area contributed by atoms with E-state index in [2.05, 4.69) is 52.8 Å². The van der Waals surface area contributed by atoms with Gasteiger partial charge in [0, 0.05) is 36.4 Å². The number of aliphatic imine (C=N–C) groups is 1. The molecule has 0 N–H and O–H groups in total. The largest absolute Gasteiger partial charge is 0.323 e. The van der Waals surface area contributed by atoms with E-state index in [1.165, 1.54) is 11.3 Å². The smallest absolute Gasteiger partial charge is 0.260 e. The first-order valence-corrected chi connectivity index (χ1v) is 8.29. The van der Waals surface area contributed by atoms with Crippen molar-refractivity contribution in [1.82, 2.24) is 9.97 Å². The molecule has 0 fully saturated rings. The molecular weight excluding hydrogens is 284 g/mol. The van der Waals surface area contributed by atoms with Crippen molar-refractivity contribution in [3.05, 3.63) is 47.4 Å². The number of nitrogens with zero attached hydrogens (tertiary/aromatic N) is 4. The third-order valence-electron chi connectivity index (χ3n) is 4.61. The lowest BCUT2D eigenvalue weighted by molar-refractivity contribution is -0.444. The van der Waals surface area contributed by atoms with Crippen molar-refractivity contribution in [2.24, 2.45) is 10.9 Å². The summed E-state index contributed by atoms with van der Waals surface area (Å²) in [5.74, 6) is 2.00. The minimum atomic E-state index is 0.397. The first-order chi connectivity index (χ1) is 11.2. The molecule has 2 aliphatic heterocycles. The summed E-state index contributed by atoms with van der Waals surface area (Å²) in [7, 11) is 0. The van der Waals surface area contributed by atoms with Crippen LogP contribution in [0.5, 0.6) is 0 Å². The summed E-state index contributed by atoms with van der Waals surface area (Å²) in [6, 6.07) is 8.30. The highest BCUT2D eigenvalue weighted by Gasteiger charge is 2.26. The maximum absolute atomic E-state index is 4.92. The van der Waals surface area contributed by atoms with Gasteiger partial charge in [-0.15, -0.1) is 0 Å². The van der Waals surface area contributed by atoms with Gasteiger partial charge in [-0.05, 0) is 35.5 Å². The van der Waals surface area contributed by atoms with Gasteiger partial charge in [0.1, 0.15) is 5.69 Å². The highest BCUT2D eigenvalue weighted by molar-refractivity contribution is 5.79. The number of hydrogen-bond donors (Lipinski definition) is 0. The van der Waals surface area contributed by atoms with E-state index in [1.807, 2.05) is 18.5 Å². The van der Waals surface area contributed by atoms with E-state index in [-0.39, 0.29) is 0 Å². The van der Waals surface area contributed by atoms with Crippen LogP contribution in [0.15, 0.2) is 35.5 Å². The summed E-state index contributed by atoms with van der Waals surface area (Å²) < 4.78 is 2.24. The molecule has 2 unspecified atom stereocenters. The van der Waals surface area contributed by atoms with E-state index in [9.17, 15) is 0 Å². The number of pyridine rings is 2. The number of hydrogen-bond acceptors (Lipinski definition) is 3. The normalized spacial score (nSPS) is 22.8. The molecule has 0 aromatic carbocycles. The first-order valence-electron chi connectivity index (χ1n) is 8.29. The summed E-state index contributed by atoms with van der Waals surface area (Å²) in [5, 5.41) is 0. The molecule has 116 valence electrons. The molecule has 4 heteroatoms. The van der Waals surface area contributed by atoms with Crippen molar-refractivity contribution < 1.29 is 4.58 Å². The summed E-state index contributed by atoms with van der Waals surface area (Å²) in [6.07, 6.45) is 8.08. The molecule has 0 amide bonds. The average Bonchev–Trinajstić information content (AvgIpc) is 2.74. The molecule has 0 spiro atoms. The van der Waals surface area contributed by atoms with Gasteiger partial charge < -0.3 is 0 Å². The van der Waals surface area contributed by atoms with E-state index < -0.39 is 0 Å². The Morgan fingerprint density at radius 2 is 2.09 bits per heavy atom. The van der Waals surface area contributed by atoms with Gasteiger partial charge >= 0.3 is 5.82 Å². The molecule has 2 aromatic rings. The lowest BCUT2D eigenvalue weighted by Gasteiger charge is -2.19. The van der Waals surface area contributed by atoms with E-state index in [0.717, 1.165) is 36.6 Å². The van der Waals surface area contributed by atoms with Crippen LogP contribution < -0.4 is 0 Å². The van der Waals surface area contributed by atoms with E-state index in [0.29, 0.717) is 11.8 Å². The van der Waals surface area contributed by atoms with Gasteiger partial charge in [-0.25, -0.2) is 4.58 Å². The Kier molecular flexibility index (Phi) is 3.52. The zero-order valence-corrected chi connectivity index (χ0v) is 13.6. The standard InChI is InChI=1S/C19H21N4/c1-13-7-9-20-16-5-6-18(22-17(16)10-13)23-11-14(2)19-15(12-23)4-3-8-21-19/h3-6,8-9,12-14H,7,10-11H2,1-2H3/q+1. The fourth-order valence-electron chi connectivity index (χ4n) is 3.37. The lowest BCUT2D eigenvalue weighted by Crippen LogP contribution is -2.23. The number of aromatic nitrogens is 2. The van der Waals surface area contributed by atoms with Crippen LogP contribution in [0.25, 0.3) is 0 Å². The van der Waals surface area contributed by atoms with Gasteiger partial charge in [-0.3, -0.25) is 9.98 Å². The van der Waals surface area contributed by atoms with Crippen molar-refractivity contribution >= 4 is 23.9 Å². The van der Waals surface area contributed by atoms with Crippen LogP contribution in [0.4, 0.5) is 11.5 Å². The molecule has 2 aliphatic rings. The Balaban J connectivity index is 1.75. The second-order valence-corrected chi connectivity index (χ2v) is 6.65. The van der Waals surface area contributed by atoms with Gasteiger partial charge in [0.15, 0.2) is 5.69 Å². The molecule has 4 rings (SSSR count). The number of fused-ring (bicyclic) bond motifs is 2. The maximum Gasteiger partial charge on any atom is 0.323 e. The SMILES string of the molecule is CC1CC=Nc2ccc([N+]3=Cc4cccnc4C(C)C3)nc2C1. The van der Waals surface area contributed by atoms with Gasteiger partial charge in [0.2, 0.25) is 0 Å². The van der Waals surface area contributed by atoms with E-state index in [1.54, 1.807) is 0 Å². The van der Waals surface area contributed by atoms with Crippen molar-refractivity contribution in [2.45, 2.75) is 32.6 Å². The molecule has 4 heterocycles. The van der Waals surface area contributed by atoms with Gasteiger partial charge in [0.05, 0.1) is 18.5 Å². The Morgan fingerprint density at radius 3 is 3.00 bits per heavy atom. The van der Waals surface area contributed by atoms with Gasteiger partial charge in [-0.1, -0.05) is 13.8 Å². The van der Waals surface area contributed by atoms with Crippen LogP contribution in [0.3, 0.4) is 0 Å². The molecule has 4 nitrogen and oxygen atoms in total. The van der Waals surface area contributed by atoms with Crippen LogP contribution in [0.1, 0.15) is 43.1 Å². The molecule has 0 saturated heterocycles. The third kappa shape index (κ3) is 2.69. The second-order valence-electron chi connectivity index (χ2n) is 6.65. The fraction of sp³-hybridized carbons (Fsp3) is 0.368. The minimum absolute atomic E-state index is 0.397. The van der Waals surface area contributed by atoms with Crippen molar-refractivity contribution in [1.29, 1.82) is 0 Å². The Labute approximate surface area is 136 Å². The van der Waals surface area contributed by atoms with Crippen LogP contribution in [0.2, 0.25) is 0 Å². The van der Waals surface area contributed by atoms with Crippen LogP contribution in [0, 0.1) is 5.92 Å². The monoisotopic (exact) mass is 305 g/mol. The first kappa shape index (κ1) is 14.2. The highest BCUT2D eigenvalue weighted by Crippen LogP contribution is 2.29. The molecule has 2 aromatic heterocycles. The summed E-state index contributed by atoms with van der Waals surface area (Å²) in [5.41, 5.74) is 4.50. The Morgan fingerprint density at radius 1 is 1.17 bits per heavy atom. The topological polar surface area (TPSA) is 41.1 Å². The van der Waals surface area contributed by atoms with Crippen LogP contribution in [-0.2, 0) is 6.42 Å². The Hall–Kier alpha value is -2.36. The van der Waals surface area contributed by atoms with E-state index >= 15 is 0 Å². The predicted molar refractivity (Wildman–Crippen MR) is 92.5 cm³/mol. The van der Waals surface area contributed by atoms with Crippen molar-refractivity contribution in [3.63, 3.8) is 0 Å². The average molecular weight is 305 g/mol. The molecule has 0 bridgehead atoms. The lowest BCUT2D eigenvalue weighted by atomic mass is 9.99. The zero-order valence-electron chi connectivity index (χ0n) is 13.6. The van der Waals surface area contributed by atoms with Crippen molar-refractivity contribution in [2.75, 3.05) is 6.54 Å². The molecule has 23 heavy (non-hydrogen) atoms. The summed E-state index contributed by atoms with van der Waals surface area (Å²) in [4.78, 5) is 14.0.